The predicted molar refractivity (Wildman–Crippen MR) is 81.5 cm³/mol. The molecule has 90 valence electrons. The monoisotopic (exact) mass is 318 g/mol. The van der Waals surface area contributed by atoms with Crippen molar-refractivity contribution < 1.29 is 4.74 Å². The second-order valence-electron chi connectivity index (χ2n) is 3.98. The van der Waals surface area contributed by atoms with Crippen LogP contribution >= 0.6 is 27.3 Å². The van der Waals surface area contributed by atoms with E-state index in [1.807, 2.05) is 12.1 Å². The van der Waals surface area contributed by atoms with Gasteiger partial charge in [-0.15, -0.1) is 11.3 Å². The molecule has 3 aromatic rings. The predicted octanol–water partition coefficient (Wildman–Crippen LogP) is 5.34. The molecule has 18 heavy (non-hydrogen) atoms. The van der Waals surface area contributed by atoms with Crippen LogP contribution in [0.1, 0.15) is 0 Å². The summed E-state index contributed by atoms with van der Waals surface area (Å²) in [6, 6.07) is 16.6. The van der Waals surface area contributed by atoms with Crippen molar-refractivity contribution in [3.05, 3.63) is 52.3 Å². The molecular formula is C15H11BrOS. The van der Waals surface area contributed by atoms with E-state index in [1.165, 1.54) is 21.2 Å². The van der Waals surface area contributed by atoms with Crippen LogP contribution in [-0.2, 0) is 0 Å². The lowest BCUT2D eigenvalue weighted by Gasteiger charge is -2.03. The van der Waals surface area contributed by atoms with E-state index in [0.717, 1.165) is 9.54 Å². The van der Waals surface area contributed by atoms with Crippen molar-refractivity contribution in [1.29, 1.82) is 0 Å². The van der Waals surface area contributed by atoms with E-state index in [9.17, 15) is 0 Å². The minimum absolute atomic E-state index is 0.894. The highest BCUT2D eigenvalue weighted by molar-refractivity contribution is 9.11. The normalized spacial score (nSPS) is 10.8. The van der Waals surface area contributed by atoms with Crippen molar-refractivity contribution in [2.24, 2.45) is 0 Å². The Morgan fingerprint density at radius 2 is 1.83 bits per heavy atom. The van der Waals surface area contributed by atoms with Gasteiger partial charge >= 0.3 is 0 Å². The average Bonchev–Trinajstić information content (AvgIpc) is 2.74. The van der Waals surface area contributed by atoms with Crippen molar-refractivity contribution in [1.82, 2.24) is 0 Å². The maximum absolute atomic E-state index is 5.31. The van der Waals surface area contributed by atoms with E-state index < -0.39 is 0 Å². The molecule has 0 amide bonds. The molecule has 3 rings (SSSR count). The Balaban J connectivity index is 2.30. The molecule has 0 N–H and O–H groups in total. The van der Waals surface area contributed by atoms with Gasteiger partial charge in [0.05, 0.1) is 10.9 Å². The summed E-state index contributed by atoms with van der Waals surface area (Å²) in [4.78, 5) is 0. The molecule has 0 radical (unpaired) electrons. The zero-order valence-corrected chi connectivity index (χ0v) is 12.2. The molecule has 1 nitrogen and oxygen atoms in total. The Hall–Kier alpha value is -1.32. The fourth-order valence-corrected chi connectivity index (χ4v) is 3.94. The molecule has 0 saturated carbocycles. The first-order chi connectivity index (χ1) is 8.79. The van der Waals surface area contributed by atoms with Gasteiger partial charge in [-0.3, -0.25) is 0 Å². The lowest BCUT2D eigenvalue weighted by Crippen LogP contribution is -1.81. The van der Waals surface area contributed by atoms with Gasteiger partial charge in [0.15, 0.2) is 0 Å². The van der Waals surface area contributed by atoms with Crippen LogP contribution in [0.25, 0.3) is 21.2 Å². The zero-order chi connectivity index (χ0) is 12.5. The molecule has 1 aromatic heterocycles. The molecule has 0 atom stereocenters. The second kappa shape index (κ2) is 4.75. The Kier molecular flexibility index (Phi) is 3.10. The summed E-state index contributed by atoms with van der Waals surface area (Å²) in [5.41, 5.74) is 2.47. The standard InChI is InChI=1S/C15H11BrOS/c1-17-11-7-8-13-12(9-11)14(15(16)18-13)10-5-3-2-4-6-10/h2-9H,1H3. The minimum atomic E-state index is 0.894. The third-order valence-corrected chi connectivity index (χ3v) is 4.76. The number of ether oxygens (including phenoxy) is 1. The highest BCUT2D eigenvalue weighted by Crippen LogP contribution is 2.43. The fourth-order valence-electron chi connectivity index (χ4n) is 2.05. The van der Waals surface area contributed by atoms with Gasteiger partial charge in [0, 0.05) is 15.6 Å². The summed E-state index contributed by atoms with van der Waals surface area (Å²) in [5.74, 6) is 0.894. The first kappa shape index (κ1) is 11.8. The fraction of sp³-hybridized carbons (Fsp3) is 0.0667. The van der Waals surface area contributed by atoms with Crippen LogP contribution in [0.5, 0.6) is 5.75 Å². The maximum atomic E-state index is 5.31. The number of hydrogen-bond donors (Lipinski definition) is 0. The van der Waals surface area contributed by atoms with Gasteiger partial charge in [-0.1, -0.05) is 30.3 Å². The van der Waals surface area contributed by atoms with Gasteiger partial charge < -0.3 is 4.74 Å². The van der Waals surface area contributed by atoms with E-state index in [-0.39, 0.29) is 0 Å². The highest BCUT2D eigenvalue weighted by Gasteiger charge is 2.12. The Bertz CT molecular complexity index is 688. The van der Waals surface area contributed by atoms with Crippen molar-refractivity contribution >= 4 is 37.4 Å². The van der Waals surface area contributed by atoms with Crippen molar-refractivity contribution in [3.8, 4) is 16.9 Å². The Morgan fingerprint density at radius 3 is 2.56 bits per heavy atom. The number of hydrogen-bond acceptors (Lipinski definition) is 2. The van der Waals surface area contributed by atoms with E-state index >= 15 is 0 Å². The quantitative estimate of drug-likeness (QED) is 0.619. The first-order valence-corrected chi connectivity index (χ1v) is 7.22. The molecule has 0 fully saturated rings. The van der Waals surface area contributed by atoms with Crippen LogP contribution in [0, 0.1) is 0 Å². The lowest BCUT2D eigenvalue weighted by molar-refractivity contribution is 0.415. The molecule has 0 aliphatic heterocycles. The third-order valence-electron chi connectivity index (χ3n) is 2.91. The van der Waals surface area contributed by atoms with Gasteiger partial charge in [-0.05, 0) is 39.7 Å². The molecule has 0 unspecified atom stereocenters. The van der Waals surface area contributed by atoms with E-state index in [0.29, 0.717) is 0 Å². The molecular weight excluding hydrogens is 308 g/mol. The van der Waals surface area contributed by atoms with Crippen LogP contribution in [0.15, 0.2) is 52.3 Å². The largest absolute Gasteiger partial charge is 0.497 e. The average molecular weight is 319 g/mol. The van der Waals surface area contributed by atoms with E-state index in [2.05, 4.69) is 52.3 Å². The van der Waals surface area contributed by atoms with E-state index in [4.69, 9.17) is 4.74 Å². The van der Waals surface area contributed by atoms with Crippen molar-refractivity contribution in [2.75, 3.05) is 7.11 Å². The summed E-state index contributed by atoms with van der Waals surface area (Å²) in [5, 5.41) is 1.23. The summed E-state index contributed by atoms with van der Waals surface area (Å²) in [7, 11) is 1.70. The van der Waals surface area contributed by atoms with Crippen LogP contribution in [0.2, 0.25) is 0 Å². The van der Waals surface area contributed by atoms with Gasteiger partial charge in [0.25, 0.3) is 0 Å². The van der Waals surface area contributed by atoms with Gasteiger partial charge in [-0.2, -0.15) is 0 Å². The minimum Gasteiger partial charge on any atom is -0.497 e. The Labute approximate surface area is 118 Å². The summed E-state index contributed by atoms with van der Waals surface area (Å²) in [6.07, 6.45) is 0. The second-order valence-corrected chi connectivity index (χ2v) is 6.35. The van der Waals surface area contributed by atoms with E-state index in [1.54, 1.807) is 18.4 Å². The number of fused-ring (bicyclic) bond motifs is 1. The number of rotatable bonds is 2. The molecule has 0 aliphatic rings. The van der Waals surface area contributed by atoms with Gasteiger partial charge in [-0.25, -0.2) is 0 Å². The number of halogens is 1. The maximum Gasteiger partial charge on any atom is 0.119 e. The van der Waals surface area contributed by atoms with Gasteiger partial charge in [0.1, 0.15) is 5.75 Å². The van der Waals surface area contributed by atoms with Crippen LogP contribution < -0.4 is 4.74 Å². The molecule has 0 saturated heterocycles. The molecule has 2 aromatic carbocycles. The topological polar surface area (TPSA) is 9.23 Å². The highest BCUT2D eigenvalue weighted by atomic mass is 79.9. The van der Waals surface area contributed by atoms with Crippen LogP contribution in [0.4, 0.5) is 0 Å². The van der Waals surface area contributed by atoms with Crippen molar-refractivity contribution in [3.63, 3.8) is 0 Å². The Morgan fingerprint density at radius 1 is 1.06 bits per heavy atom. The molecule has 0 spiro atoms. The lowest BCUT2D eigenvalue weighted by atomic mass is 10.0. The molecule has 0 aliphatic carbocycles. The summed E-state index contributed by atoms with van der Waals surface area (Å²) >= 11 is 5.42. The first-order valence-electron chi connectivity index (χ1n) is 5.61. The third kappa shape index (κ3) is 1.93. The smallest absolute Gasteiger partial charge is 0.119 e. The van der Waals surface area contributed by atoms with Crippen LogP contribution in [-0.4, -0.2) is 7.11 Å². The number of methoxy groups -OCH3 is 1. The zero-order valence-electron chi connectivity index (χ0n) is 9.81. The van der Waals surface area contributed by atoms with Gasteiger partial charge in [0.2, 0.25) is 0 Å². The SMILES string of the molecule is COc1ccc2sc(Br)c(-c3ccccc3)c2c1. The van der Waals surface area contributed by atoms with Crippen molar-refractivity contribution in [2.45, 2.75) is 0 Å². The molecule has 1 heterocycles. The summed E-state index contributed by atoms with van der Waals surface area (Å²) in [6.45, 7) is 0. The molecule has 3 heteroatoms. The number of benzene rings is 2. The van der Waals surface area contributed by atoms with Crippen LogP contribution in [0.3, 0.4) is 0 Å². The summed E-state index contributed by atoms with van der Waals surface area (Å²) < 4.78 is 7.74. The number of thiophene rings is 1. The molecule has 0 bridgehead atoms.